The molecule has 0 bridgehead atoms. The van der Waals surface area contributed by atoms with Crippen molar-refractivity contribution in [2.75, 3.05) is 17.3 Å². The average Bonchev–Trinajstić information content (AvgIpc) is 2.89. The van der Waals surface area contributed by atoms with Gasteiger partial charge in [-0.25, -0.2) is 4.98 Å². The van der Waals surface area contributed by atoms with Gasteiger partial charge in [-0.15, -0.1) is 11.8 Å². The van der Waals surface area contributed by atoms with Crippen LogP contribution in [0.2, 0.25) is 0 Å². The fraction of sp³-hybridized carbons (Fsp3) is 0.296. The van der Waals surface area contributed by atoms with E-state index in [1.165, 1.54) is 12.1 Å². The highest BCUT2D eigenvalue weighted by Crippen LogP contribution is 2.30. The first-order valence-corrected chi connectivity index (χ1v) is 12.6. The number of carbonyl (C=O) groups is 2. The van der Waals surface area contributed by atoms with Crippen molar-refractivity contribution in [2.24, 2.45) is 0 Å². The van der Waals surface area contributed by atoms with Crippen LogP contribution < -0.4 is 11.1 Å². The number of aromatic nitrogens is 2. The van der Waals surface area contributed by atoms with Gasteiger partial charge >= 0.3 is 12.1 Å². The first-order chi connectivity index (χ1) is 18.1. The number of halogens is 3. The number of nitrogens with two attached hydrogens (primary N) is 1. The quantitative estimate of drug-likeness (QED) is 0.179. The van der Waals surface area contributed by atoms with Gasteiger partial charge in [-0.1, -0.05) is 56.0 Å². The van der Waals surface area contributed by atoms with Crippen LogP contribution in [0.25, 0.3) is 0 Å². The number of anilines is 2. The Morgan fingerprint density at radius 1 is 1.13 bits per heavy atom. The number of benzene rings is 2. The number of ether oxygens (including phenoxy) is 1. The number of esters is 1. The van der Waals surface area contributed by atoms with Crippen LogP contribution in [0.15, 0.2) is 59.6 Å². The minimum absolute atomic E-state index is 0. The zero-order valence-electron chi connectivity index (χ0n) is 20.3. The van der Waals surface area contributed by atoms with Crippen molar-refractivity contribution >= 4 is 35.3 Å². The normalized spacial score (nSPS) is 11.6. The fourth-order valence-electron chi connectivity index (χ4n) is 3.54. The molecule has 12 heteroatoms. The summed E-state index contributed by atoms with van der Waals surface area (Å²) >= 11 is 1.15. The van der Waals surface area contributed by atoms with Gasteiger partial charge < -0.3 is 15.8 Å². The third-order valence-electron chi connectivity index (χ3n) is 5.41. The lowest BCUT2D eigenvalue weighted by molar-refractivity contribution is -0.145. The Balaban J connectivity index is 0.00000533. The van der Waals surface area contributed by atoms with Crippen molar-refractivity contribution in [3.63, 3.8) is 0 Å². The summed E-state index contributed by atoms with van der Waals surface area (Å²) in [5, 5.41) is 12.8. The second-order valence-corrected chi connectivity index (χ2v) is 8.94. The van der Waals surface area contributed by atoms with E-state index in [0.29, 0.717) is 0 Å². The monoisotopic (exact) mass is 559 g/mol. The van der Waals surface area contributed by atoms with Gasteiger partial charge in [0.05, 0.1) is 11.6 Å². The second kappa shape index (κ2) is 14.2. The topological polar surface area (TPSA) is 131 Å². The molecule has 3 aromatic rings. The molecule has 206 valence electrons. The standard InChI is InChI=1S/C26H24F3N5O3S.CH4/c1-38-24-19(14-30)23(33-25(31)34-24)32-20(10-11-22(36)37-15-16-6-3-2-4-7-16)21(35)13-17-8-5-9-18(12-17)26(27,28)29;/h2-9,12,20H,10-11,13,15H2,1H3,(H3,31,32,33,34);1H4/t20-;/m0./s1. The highest BCUT2D eigenvalue weighted by molar-refractivity contribution is 7.98. The molecule has 2 aromatic carbocycles. The molecule has 1 heterocycles. The van der Waals surface area contributed by atoms with Crippen molar-refractivity contribution in [1.82, 2.24) is 9.97 Å². The van der Waals surface area contributed by atoms with Crippen LogP contribution in [0.3, 0.4) is 0 Å². The largest absolute Gasteiger partial charge is 0.461 e. The van der Waals surface area contributed by atoms with Gasteiger partial charge in [0.15, 0.2) is 11.6 Å². The summed E-state index contributed by atoms with van der Waals surface area (Å²) in [4.78, 5) is 33.7. The summed E-state index contributed by atoms with van der Waals surface area (Å²) in [7, 11) is 0. The number of nitrogen functional groups attached to an aromatic ring is 1. The Kier molecular flexibility index (Phi) is 11.3. The third-order valence-corrected chi connectivity index (χ3v) is 6.09. The maximum atomic E-state index is 13.3. The minimum atomic E-state index is -4.56. The molecular formula is C27H28F3N5O3S. The summed E-state index contributed by atoms with van der Waals surface area (Å²) in [6.45, 7) is 0.0497. The van der Waals surface area contributed by atoms with Crippen molar-refractivity contribution in [2.45, 2.75) is 50.5 Å². The van der Waals surface area contributed by atoms with Gasteiger partial charge in [-0.3, -0.25) is 9.59 Å². The van der Waals surface area contributed by atoms with Crippen LogP contribution in [0.4, 0.5) is 24.9 Å². The van der Waals surface area contributed by atoms with Crippen molar-refractivity contribution in [3.8, 4) is 6.07 Å². The number of rotatable bonds is 11. The van der Waals surface area contributed by atoms with Gasteiger partial charge in [0.2, 0.25) is 5.95 Å². The minimum Gasteiger partial charge on any atom is -0.461 e. The Morgan fingerprint density at radius 2 is 1.82 bits per heavy atom. The van der Waals surface area contributed by atoms with Gasteiger partial charge in [-0.2, -0.15) is 23.4 Å². The number of nitriles is 1. The van der Waals surface area contributed by atoms with Crippen LogP contribution in [0, 0.1) is 11.3 Å². The highest BCUT2D eigenvalue weighted by Gasteiger charge is 2.31. The Morgan fingerprint density at radius 3 is 2.46 bits per heavy atom. The van der Waals surface area contributed by atoms with E-state index in [1.807, 2.05) is 12.1 Å². The number of hydrogen-bond acceptors (Lipinski definition) is 9. The molecule has 1 aromatic heterocycles. The molecule has 0 saturated carbocycles. The van der Waals surface area contributed by atoms with Crippen LogP contribution in [-0.2, 0) is 33.5 Å². The number of carbonyl (C=O) groups excluding carboxylic acids is 2. The number of ketones is 1. The molecule has 0 spiro atoms. The van der Waals surface area contributed by atoms with Crippen LogP contribution in [-0.4, -0.2) is 34.0 Å². The number of hydrogen-bond donors (Lipinski definition) is 2. The Hall–Kier alpha value is -4.11. The molecule has 0 fully saturated rings. The number of nitrogens with zero attached hydrogens (tertiary/aromatic N) is 3. The molecule has 0 unspecified atom stereocenters. The van der Waals surface area contributed by atoms with Crippen molar-refractivity contribution in [1.29, 1.82) is 5.26 Å². The van der Waals surface area contributed by atoms with Crippen molar-refractivity contribution < 1.29 is 27.5 Å². The third kappa shape index (κ3) is 9.00. The molecule has 0 aliphatic rings. The number of Topliss-reactive ketones (excluding diaryl/α,β-unsaturated/α-hetero) is 1. The molecule has 39 heavy (non-hydrogen) atoms. The maximum absolute atomic E-state index is 13.3. The fourth-order valence-corrected chi connectivity index (χ4v) is 4.07. The zero-order chi connectivity index (χ0) is 27.7. The molecule has 0 aliphatic heterocycles. The lowest BCUT2D eigenvalue weighted by Gasteiger charge is -2.20. The molecular weight excluding hydrogens is 531 g/mol. The zero-order valence-corrected chi connectivity index (χ0v) is 21.1. The van der Waals surface area contributed by atoms with Gasteiger partial charge in [0, 0.05) is 12.8 Å². The van der Waals surface area contributed by atoms with Crippen molar-refractivity contribution in [3.05, 3.63) is 76.9 Å². The predicted molar refractivity (Wildman–Crippen MR) is 143 cm³/mol. The van der Waals surface area contributed by atoms with E-state index in [-0.39, 0.29) is 61.2 Å². The number of nitrogens with one attached hydrogen (secondary N) is 1. The molecule has 1 atom stereocenters. The molecule has 0 aliphatic carbocycles. The Labute approximate surface area is 228 Å². The van der Waals surface area contributed by atoms with Gasteiger partial charge in [0.1, 0.15) is 23.3 Å². The van der Waals surface area contributed by atoms with E-state index in [4.69, 9.17) is 10.5 Å². The summed E-state index contributed by atoms with van der Waals surface area (Å²) in [5.74, 6) is -1.22. The van der Waals surface area contributed by atoms with Crippen LogP contribution in [0.1, 0.15) is 42.5 Å². The summed E-state index contributed by atoms with van der Waals surface area (Å²) in [6.07, 6.45) is -3.46. The molecule has 3 rings (SSSR count). The van der Waals surface area contributed by atoms with Gasteiger partial charge in [0.25, 0.3) is 0 Å². The van der Waals surface area contributed by atoms with E-state index in [0.717, 1.165) is 29.5 Å². The summed E-state index contributed by atoms with van der Waals surface area (Å²) in [6, 6.07) is 14.4. The maximum Gasteiger partial charge on any atom is 0.416 e. The van der Waals surface area contributed by atoms with Gasteiger partial charge in [-0.05, 0) is 29.9 Å². The SMILES string of the molecule is C.CSc1nc(N)nc(N[C@@H](CCC(=O)OCc2ccccc2)C(=O)Cc2cccc(C(F)(F)F)c2)c1C#N. The lowest BCUT2D eigenvalue weighted by atomic mass is 9.98. The first kappa shape index (κ1) is 31.1. The van der Waals surface area contributed by atoms with Crippen LogP contribution >= 0.6 is 11.8 Å². The van der Waals surface area contributed by atoms with Crippen LogP contribution in [0.5, 0.6) is 0 Å². The lowest BCUT2D eigenvalue weighted by Crippen LogP contribution is -2.33. The highest BCUT2D eigenvalue weighted by atomic mass is 32.2. The summed E-state index contributed by atoms with van der Waals surface area (Å²) in [5.41, 5.74) is 5.87. The van der Waals surface area contributed by atoms with E-state index in [1.54, 1.807) is 30.5 Å². The molecule has 8 nitrogen and oxygen atoms in total. The number of alkyl halides is 3. The molecule has 0 amide bonds. The van der Waals surface area contributed by atoms with E-state index in [2.05, 4.69) is 15.3 Å². The molecule has 0 radical (unpaired) electrons. The summed E-state index contributed by atoms with van der Waals surface area (Å²) < 4.78 is 44.7. The van der Waals surface area contributed by atoms with E-state index in [9.17, 15) is 28.0 Å². The number of thioether (sulfide) groups is 1. The smallest absolute Gasteiger partial charge is 0.416 e. The predicted octanol–water partition coefficient (Wildman–Crippen LogP) is 5.42. The average molecular weight is 560 g/mol. The molecule has 0 saturated heterocycles. The van der Waals surface area contributed by atoms with E-state index < -0.39 is 29.5 Å². The second-order valence-electron chi connectivity index (χ2n) is 8.15. The first-order valence-electron chi connectivity index (χ1n) is 11.4. The molecule has 3 N–H and O–H groups in total. The Bertz CT molecular complexity index is 1330. The van der Waals surface area contributed by atoms with E-state index >= 15 is 0 Å².